The largest absolute Gasteiger partial charge is 0.469 e. The van der Waals surface area contributed by atoms with E-state index in [1.807, 2.05) is 0 Å². The van der Waals surface area contributed by atoms with Crippen molar-refractivity contribution < 1.29 is 19.2 Å². The van der Waals surface area contributed by atoms with E-state index in [2.05, 4.69) is 0 Å². The highest BCUT2D eigenvalue weighted by Gasteiger charge is 2.27. The maximum atomic E-state index is 12.4. The topological polar surface area (TPSA) is 86.5 Å². The van der Waals surface area contributed by atoms with Gasteiger partial charge < -0.3 is 4.74 Å². The van der Waals surface area contributed by atoms with E-state index < -0.39 is 10.8 Å². The number of esters is 1. The summed E-state index contributed by atoms with van der Waals surface area (Å²) in [5.74, 6) is -0.379. The van der Waals surface area contributed by atoms with E-state index in [0.717, 1.165) is 12.8 Å². The molecule has 0 spiro atoms. The third-order valence-electron chi connectivity index (χ3n) is 5.27. The number of rotatable bonds is 9. The Morgan fingerprint density at radius 3 is 2.63 bits per heavy atom. The van der Waals surface area contributed by atoms with E-state index in [9.17, 15) is 19.7 Å². The van der Waals surface area contributed by atoms with Crippen LogP contribution in [0.2, 0.25) is 5.02 Å². The molecule has 1 aromatic carbocycles. The van der Waals surface area contributed by atoms with Crippen LogP contribution in [0.4, 0.5) is 5.69 Å². The van der Waals surface area contributed by atoms with Gasteiger partial charge in [0.1, 0.15) is 5.78 Å². The van der Waals surface area contributed by atoms with Gasteiger partial charge in [0, 0.05) is 29.5 Å². The van der Waals surface area contributed by atoms with Crippen LogP contribution in [0.3, 0.4) is 0 Å². The summed E-state index contributed by atoms with van der Waals surface area (Å²) in [5, 5.41) is 11.4. The number of hydrogen-bond acceptors (Lipinski definition) is 5. The van der Waals surface area contributed by atoms with E-state index in [1.165, 1.54) is 32.4 Å². The molecule has 0 radical (unpaired) electrons. The van der Waals surface area contributed by atoms with Crippen LogP contribution in [-0.2, 0) is 20.7 Å². The number of ether oxygens (including phenoxy) is 1. The Balaban J connectivity index is 1.95. The number of Topliss-reactive ketones (excluding diaryl/α,β-unsaturated/α-hetero) is 1. The SMILES string of the molecule is COC(=O)[C@H](CC(=O)CCc1ccc(Cl)cc1[N+](=O)[O-])CC1CCCCC1. The van der Waals surface area contributed by atoms with Gasteiger partial charge in [0.05, 0.1) is 18.0 Å². The Morgan fingerprint density at radius 1 is 1.30 bits per heavy atom. The van der Waals surface area contributed by atoms with E-state index >= 15 is 0 Å². The number of hydrogen-bond donors (Lipinski definition) is 0. The van der Waals surface area contributed by atoms with E-state index in [1.54, 1.807) is 12.1 Å². The monoisotopic (exact) mass is 395 g/mol. The van der Waals surface area contributed by atoms with Gasteiger partial charge in [-0.05, 0) is 24.8 Å². The number of methoxy groups -OCH3 is 1. The number of ketones is 1. The molecule has 1 atom stereocenters. The summed E-state index contributed by atoms with van der Waals surface area (Å²) in [6, 6.07) is 4.45. The van der Waals surface area contributed by atoms with Gasteiger partial charge >= 0.3 is 5.97 Å². The molecule has 0 amide bonds. The van der Waals surface area contributed by atoms with Crippen LogP contribution in [-0.4, -0.2) is 23.8 Å². The summed E-state index contributed by atoms with van der Waals surface area (Å²) in [6.45, 7) is 0. The molecule has 148 valence electrons. The van der Waals surface area contributed by atoms with Crippen LogP contribution in [0, 0.1) is 22.0 Å². The zero-order chi connectivity index (χ0) is 19.8. The fourth-order valence-corrected chi connectivity index (χ4v) is 3.99. The Bertz CT molecular complexity index is 685. The van der Waals surface area contributed by atoms with Crippen LogP contribution >= 0.6 is 11.6 Å². The van der Waals surface area contributed by atoms with Crippen LogP contribution in [0.25, 0.3) is 0 Å². The molecule has 1 aromatic rings. The van der Waals surface area contributed by atoms with Gasteiger partial charge in [0.25, 0.3) is 5.69 Å². The minimum Gasteiger partial charge on any atom is -0.469 e. The summed E-state index contributed by atoms with van der Waals surface area (Å²) < 4.78 is 4.89. The van der Waals surface area contributed by atoms with Crippen LogP contribution in [0.1, 0.15) is 56.9 Å². The van der Waals surface area contributed by atoms with Crippen molar-refractivity contribution in [2.75, 3.05) is 7.11 Å². The molecule has 0 aromatic heterocycles. The number of carbonyl (C=O) groups excluding carboxylic acids is 2. The number of nitro groups is 1. The molecule has 27 heavy (non-hydrogen) atoms. The lowest BCUT2D eigenvalue weighted by Crippen LogP contribution is -2.24. The highest BCUT2D eigenvalue weighted by Crippen LogP contribution is 2.31. The fourth-order valence-electron chi connectivity index (χ4n) is 3.82. The van der Waals surface area contributed by atoms with Crippen molar-refractivity contribution in [2.45, 2.75) is 57.8 Å². The van der Waals surface area contributed by atoms with Crippen molar-refractivity contribution in [1.82, 2.24) is 0 Å². The first-order chi connectivity index (χ1) is 12.9. The number of nitrogens with zero attached hydrogens (tertiary/aromatic N) is 1. The van der Waals surface area contributed by atoms with Gasteiger partial charge in [-0.3, -0.25) is 19.7 Å². The highest BCUT2D eigenvalue weighted by molar-refractivity contribution is 6.30. The van der Waals surface area contributed by atoms with E-state index in [0.29, 0.717) is 17.9 Å². The standard InChI is InChI=1S/C20H26ClNO5/c1-27-20(24)16(11-14-5-3-2-4-6-14)12-18(23)10-8-15-7-9-17(21)13-19(15)22(25)26/h7,9,13-14,16H,2-6,8,10-12H2,1H3/t16-/m0/s1. The lowest BCUT2D eigenvalue weighted by atomic mass is 9.81. The molecule has 6 nitrogen and oxygen atoms in total. The average molecular weight is 396 g/mol. The quantitative estimate of drug-likeness (QED) is 0.337. The molecular formula is C20H26ClNO5. The number of aryl methyl sites for hydroxylation is 1. The molecule has 1 aliphatic carbocycles. The minimum absolute atomic E-state index is 0.0783. The molecule has 0 bridgehead atoms. The third-order valence-corrected chi connectivity index (χ3v) is 5.50. The number of halogens is 1. The maximum absolute atomic E-state index is 12.4. The molecule has 0 saturated heterocycles. The molecule has 0 unspecified atom stereocenters. The van der Waals surface area contributed by atoms with Crippen molar-refractivity contribution in [1.29, 1.82) is 0 Å². The first-order valence-corrected chi connectivity index (χ1v) is 9.80. The summed E-state index contributed by atoms with van der Waals surface area (Å²) in [4.78, 5) is 35.2. The van der Waals surface area contributed by atoms with Crippen LogP contribution in [0.5, 0.6) is 0 Å². The molecule has 0 heterocycles. The molecule has 7 heteroatoms. The number of benzene rings is 1. The van der Waals surface area contributed by atoms with Gasteiger partial charge in [-0.2, -0.15) is 0 Å². The van der Waals surface area contributed by atoms with Crippen LogP contribution in [0.15, 0.2) is 18.2 Å². The summed E-state index contributed by atoms with van der Waals surface area (Å²) in [7, 11) is 1.34. The average Bonchev–Trinajstić information content (AvgIpc) is 2.66. The maximum Gasteiger partial charge on any atom is 0.309 e. The van der Waals surface area contributed by atoms with Gasteiger partial charge in [0.15, 0.2) is 0 Å². The molecule has 1 fully saturated rings. The molecule has 2 rings (SSSR count). The molecule has 1 aliphatic rings. The van der Waals surface area contributed by atoms with Gasteiger partial charge in [-0.25, -0.2) is 0 Å². The fraction of sp³-hybridized carbons (Fsp3) is 0.600. The second-order valence-corrected chi connectivity index (χ2v) is 7.67. The number of nitro benzene ring substituents is 1. The Kier molecular flexibility index (Phi) is 8.23. The Morgan fingerprint density at radius 2 is 2.00 bits per heavy atom. The predicted octanol–water partition coefficient (Wildman–Crippen LogP) is 4.90. The summed E-state index contributed by atoms with van der Waals surface area (Å²) >= 11 is 5.81. The van der Waals surface area contributed by atoms with Crippen LogP contribution < -0.4 is 0 Å². The van der Waals surface area contributed by atoms with Crippen molar-refractivity contribution in [3.8, 4) is 0 Å². The second-order valence-electron chi connectivity index (χ2n) is 7.23. The van der Waals surface area contributed by atoms with Gasteiger partial charge in [-0.15, -0.1) is 0 Å². The van der Waals surface area contributed by atoms with Crippen molar-refractivity contribution >= 4 is 29.0 Å². The Hall–Kier alpha value is -1.95. The first-order valence-electron chi connectivity index (χ1n) is 9.43. The highest BCUT2D eigenvalue weighted by atomic mass is 35.5. The van der Waals surface area contributed by atoms with Crippen molar-refractivity contribution in [3.63, 3.8) is 0 Å². The third kappa shape index (κ3) is 6.61. The predicted molar refractivity (Wildman–Crippen MR) is 103 cm³/mol. The summed E-state index contributed by atoms with van der Waals surface area (Å²) in [6.07, 6.45) is 6.99. The minimum atomic E-state index is -0.494. The Labute approximate surface area is 164 Å². The smallest absolute Gasteiger partial charge is 0.309 e. The van der Waals surface area contributed by atoms with Crippen molar-refractivity contribution in [2.24, 2.45) is 11.8 Å². The second kappa shape index (κ2) is 10.4. The first kappa shape index (κ1) is 21.4. The van der Waals surface area contributed by atoms with Crippen molar-refractivity contribution in [3.05, 3.63) is 38.9 Å². The lowest BCUT2D eigenvalue weighted by molar-refractivity contribution is -0.385. The molecule has 0 aliphatic heterocycles. The van der Waals surface area contributed by atoms with E-state index in [4.69, 9.17) is 16.3 Å². The normalized spacial score (nSPS) is 15.9. The zero-order valence-corrected chi connectivity index (χ0v) is 16.4. The molecule has 0 N–H and O–H groups in total. The molecule has 1 saturated carbocycles. The van der Waals surface area contributed by atoms with E-state index in [-0.39, 0.29) is 41.7 Å². The molecular weight excluding hydrogens is 370 g/mol. The zero-order valence-electron chi connectivity index (χ0n) is 15.6. The number of carbonyl (C=O) groups is 2. The van der Waals surface area contributed by atoms with Gasteiger partial charge in [0.2, 0.25) is 0 Å². The lowest BCUT2D eigenvalue weighted by Gasteiger charge is -2.25. The summed E-state index contributed by atoms with van der Waals surface area (Å²) in [5.41, 5.74) is 0.390. The van der Waals surface area contributed by atoms with Gasteiger partial charge in [-0.1, -0.05) is 49.8 Å².